The molecule has 0 amide bonds. The minimum Gasteiger partial charge on any atom is -0.391 e. The maximum Gasteiger partial charge on any atom is 0.246 e. The van der Waals surface area contributed by atoms with Gasteiger partial charge in [0.25, 0.3) is 0 Å². The number of anilines is 2. The van der Waals surface area contributed by atoms with Crippen LogP contribution in [-0.2, 0) is 0 Å². The lowest BCUT2D eigenvalue weighted by Crippen LogP contribution is -2.26. The summed E-state index contributed by atoms with van der Waals surface area (Å²) in [5.74, 6) is 1.17. The molecule has 0 bridgehead atoms. The minimum absolute atomic E-state index is 0.00762. The van der Waals surface area contributed by atoms with Crippen molar-refractivity contribution in [3.63, 3.8) is 0 Å². The SMILES string of the molecule is Nc1nc(N2CCCCCC2)nn1C1CCCC1O. The molecule has 1 aromatic rings. The van der Waals surface area contributed by atoms with Crippen LogP contribution in [0.15, 0.2) is 0 Å². The summed E-state index contributed by atoms with van der Waals surface area (Å²) >= 11 is 0. The Balaban J connectivity index is 1.80. The molecule has 1 aromatic heterocycles. The summed E-state index contributed by atoms with van der Waals surface area (Å²) in [6, 6.07) is 0.00762. The fraction of sp³-hybridized carbons (Fsp3) is 0.846. The van der Waals surface area contributed by atoms with Gasteiger partial charge in [0.1, 0.15) is 0 Å². The summed E-state index contributed by atoms with van der Waals surface area (Å²) in [5, 5.41) is 14.5. The van der Waals surface area contributed by atoms with Crippen LogP contribution in [0.4, 0.5) is 11.9 Å². The lowest BCUT2D eigenvalue weighted by atomic mass is 10.2. The van der Waals surface area contributed by atoms with Crippen LogP contribution in [0, 0.1) is 0 Å². The van der Waals surface area contributed by atoms with E-state index in [0.29, 0.717) is 5.95 Å². The zero-order valence-electron chi connectivity index (χ0n) is 11.3. The van der Waals surface area contributed by atoms with Crippen LogP contribution in [0.25, 0.3) is 0 Å². The van der Waals surface area contributed by atoms with Crippen LogP contribution in [-0.4, -0.2) is 39.1 Å². The van der Waals surface area contributed by atoms with Gasteiger partial charge in [0, 0.05) is 13.1 Å². The third-order valence-electron chi connectivity index (χ3n) is 4.29. The summed E-state index contributed by atoms with van der Waals surface area (Å²) in [6.45, 7) is 2.02. The van der Waals surface area contributed by atoms with Crippen LogP contribution in [0.1, 0.15) is 51.0 Å². The van der Waals surface area contributed by atoms with Gasteiger partial charge in [0.2, 0.25) is 11.9 Å². The van der Waals surface area contributed by atoms with Crippen LogP contribution in [0.3, 0.4) is 0 Å². The molecule has 1 aliphatic carbocycles. The summed E-state index contributed by atoms with van der Waals surface area (Å²) in [7, 11) is 0. The largest absolute Gasteiger partial charge is 0.391 e. The minimum atomic E-state index is -0.332. The quantitative estimate of drug-likeness (QED) is 0.843. The topological polar surface area (TPSA) is 80.2 Å². The fourth-order valence-electron chi connectivity index (χ4n) is 3.18. The zero-order valence-corrected chi connectivity index (χ0v) is 11.3. The average molecular weight is 265 g/mol. The molecule has 6 heteroatoms. The van der Waals surface area contributed by atoms with Crippen molar-refractivity contribution >= 4 is 11.9 Å². The van der Waals surface area contributed by atoms with Gasteiger partial charge >= 0.3 is 0 Å². The molecule has 2 aliphatic rings. The summed E-state index contributed by atoms with van der Waals surface area (Å²) in [5.41, 5.74) is 5.98. The van der Waals surface area contributed by atoms with Crippen molar-refractivity contribution in [3.8, 4) is 0 Å². The van der Waals surface area contributed by atoms with Crippen molar-refractivity contribution < 1.29 is 5.11 Å². The van der Waals surface area contributed by atoms with Gasteiger partial charge < -0.3 is 15.7 Å². The molecule has 2 atom stereocenters. The molecule has 0 spiro atoms. The Bertz CT molecular complexity index is 425. The number of aliphatic hydroxyl groups excluding tert-OH is 1. The Morgan fingerprint density at radius 2 is 1.79 bits per heavy atom. The van der Waals surface area contributed by atoms with E-state index >= 15 is 0 Å². The predicted octanol–water partition coefficient (Wildman–Crippen LogP) is 1.33. The van der Waals surface area contributed by atoms with Crippen molar-refractivity contribution in [2.45, 2.75) is 57.1 Å². The van der Waals surface area contributed by atoms with Crippen LogP contribution >= 0.6 is 0 Å². The lowest BCUT2D eigenvalue weighted by Gasteiger charge is -2.18. The fourth-order valence-corrected chi connectivity index (χ4v) is 3.18. The Hall–Kier alpha value is -1.30. The second-order valence-electron chi connectivity index (χ2n) is 5.68. The number of hydrogen-bond acceptors (Lipinski definition) is 5. The molecule has 1 saturated heterocycles. The van der Waals surface area contributed by atoms with Gasteiger partial charge in [-0.05, 0) is 32.1 Å². The molecule has 1 saturated carbocycles. The lowest BCUT2D eigenvalue weighted by molar-refractivity contribution is 0.131. The Morgan fingerprint density at radius 3 is 2.42 bits per heavy atom. The highest BCUT2D eigenvalue weighted by atomic mass is 16.3. The number of rotatable bonds is 2. The van der Waals surface area contributed by atoms with E-state index in [2.05, 4.69) is 15.0 Å². The number of aliphatic hydroxyl groups is 1. The van der Waals surface area contributed by atoms with E-state index < -0.39 is 0 Å². The molecule has 2 unspecified atom stereocenters. The van der Waals surface area contributed by atoms with E-state index in [1.807, 2.05) is 0 Å². The van der Waals surface area contributed by atoms with E-state index in [1.54, 1.807) is 4.68 Å². The van der Waals surface area contributed by atoms with Gasteiger partial charge in [0.05, 0.1) is 12.1 Å². The second kappa shape index (κ2) is 5.36. The maximum absolute atomic E-state index is 9.97. The van der Waals surface area contributed by atoms with Crippen LogP contribution < -0.4 is 10.6 Å². The molecule has 0 radical (unpaired) electrons. The summed E-state index contributed by atoms with van der Waals surface area (Å²) < 4.78 is 1.73. The maximum atomic E-state index is 9.97. The molecule has 0 aromatic carbocycles. The molecule has 1 aliphatic heterocycles. The normalized spacial score (nSPS) is 28.6. The molecule has 106 valence electrons. The third-order valence-corrected chi connectivity index (χ3v) is 4.29. The summed E-state index contributed by atoms with van der Waals surface area (Å²) in [6.07, 6.45) is 7.44. The first-order valence-corrected chi connectivity index (χ1v) is 7.41. The third kappa shape index (κ3) is 2.54. The highest BCUT2D eigenvalue weighted by Crippen LogP contribution is 2.31. The van der Waals surface area contributed by atoms with E-state index in [0.717, 1.165) is 38.3 Å². The molecule has 3 rings (SSSR count). The highest BCUT2D eigenvalue weighted by molar-refractivity contribution is 5.35. The molecule has 2 heterocycles. The molecular formula is C13H23N5O. The van der Waals surface area contributed by atoms with E-state index in [4.69, 9.17) is 5.73 Å². The van der Waals surface area contributed by atoms with Crippen molar-refractivity contribution in [1.29, 1.82) is 0 Å². The monoisotopic (exact) mass is 265 g/mol. The second-order valence-corrected chi connectivity index (χ2v) is 5.68. The average Bonchev–Trinajstić information content (AvgIpc) is 2.86. The number of nitrogens with zero attached hydrogens (tertiary/aromatic N) is 4. The van der Waals surface area contributed by atoms with Crippen LogP contribution in [0.5, 0.6) is 0 Å². The smallest absolute Gasteiger partial charge is 0.246 e. The van der Waals surface area contributed by atoms with Gasteiger partial charge in [-0.15, -0.1) is 5.10 Å². The molecule has 3 N–H and O–H groups in total. The van der Waals surface area contributed by atoms with Gasteiger partial charge in [-0.2, -0.15) is 4.98 Å². The first kappa shape index (κ1) is 12.7. The van der Waals surface area contributed by atoms with Gasteiger partial charge in [-0.3, -0.25) is 0 Å². The standard InChI is InChI=1S/C13H23N5O/c14-12-15-13(17-8-3-1-2-4-9-17)16-18(12)10-6-5-7-11(10)19/h10-11,19H,1-9H2,(H2,14,15,16). The zero-order chi connectivity index (χ0) is 13.2. The molecule has 2 fully saturated rings. The van der Waals surface area contributed by atoms with Gasteiger partial charge in [-0.25, -0.2) is 4.68 Å². The van der Waals surface area contributed by atoms with E-state index in [-0.39, 0.29) is 12.1 Å². The van der Waals surface area contributed by atoms with Crippen molar-refractivity contribution in [1.82, 2.24) is 14.8 Å². The number of nitrogen functional groups attached to an aromatic ring is 1. The molecule has 19 heavy (non-hydrogen) atoms. The Morgan fingerprint density at radius 1 is 1.05 bits per heavy atom. The molecule has 6 nitrogen and oxygen atoms in total. The van der Waals surface area contributed by atoms with Gasteiger partial charge in [0.15, 0.2) is 0 Å². The van der Waals surface area contributed by atoms with E-state index in [9.17, 15) is 5.11 Å². The molecular weight excluding hydrogens is 242 g/mol. The Kier molecular flexibility index (Phi) is 3.59. The Labute approximate surface area is 113 Å². The van der Waals surface area contributed by atoms with Gasteiger partial charge in [-0.1, -0.05) is 12.8 Å². The first-order valence-electron chi connectivity index (χ1n) is 7.41. The number of aromatic nitrogens is 3. The van der Waals surface area contributed by atoms with E-state index in [1.165, 1.54) is 25.7 Å². The van der Waals surface area contributed by atoms with Crippen molar-refractivity contribution in [2.24, 2.45) is 0 Å². The number of nitrogens with two attached hydrogens (primary N) is 1. The number of hydrogen-bond donors (Lipinski definition) is 2. The van der Waals surface area contributed by atoms with Crippen molar-refractivity contribution in [2.75, 3.05) is 23.7 Å². The predicted molar refractivity (Wildman–Crippen MR) is 74.0 cm³/mol. The summed E-state index contributed by atoms with van der Waals surface area (Å²) in [4.78, 5) is 6.62. The highest BCUT2D eigenvalue weighted by Gasteiger charge is 2.30. The first-order chi connectivity index (χ1) is 9.25. The van der Waals surface area contributed by atoms with Crippen molar-refractivity contribution in [3.05, 3.63) is 0 Å². The van der Waals surface area contributed by atoms with Crippen LogP contribution in [0.2, 0.25) is 0 Å².